The van der Waals surface area contributed by atoms with Crippen LogP contribution in [0.25, 0.3) is 11.1 Å². The third-order valence-electron chi connectivity index (χ3n) is 5.41. The number of urea groups is 1. The van der Waals surface area contributed by atoms with Crippen molar-refractivity contribution in [2.75, 3.05) is 11.1 Å². The van der Waals surface area contributed by atoms with E-state index in [1.807, 2.05) is 12.1 Å². The van der Waals surface area contributed by atoms with Crippen molar-refractivity contribution >= 4 is 44.8 Å². The average Bonchev–Trinajstić information content (AvgIpc) is 2.83. The molecule has 3 rings (SSSR count). The van der Waals surface area contributed by atoms with Gasteiger partial charge in [-0.2, -0.15) is 5.26 Å². The van der Waals surface area contributed by atoms with E-state index in [1.165, 1.54) is 12.3 Å². The van der Waals surface area contributed by atoms with E-state index in [1.54, 1.807) is 31.2 Å². The quantitative estimate of drug-likeness (QED) is 0.348. The predicted octanol–water partition coefficient (Wildman–Crippen LogP) is 6.24. The van der Waals surface area contributed by atoms with E-state index in [9.17, 15) is 18.5 Å². The van der Waals surface area contributed by atoms with Crippen LogP contribution in [0.2, 0.25) is 10.0 Å². The summed E-state index contributed by atoms with van der Waals surface area (Å²) in [4.78, 5) is 16.6. The summed E-state index contributed by atoms with van der Waals surface area (Å²) in [6.45, 7) is 5.85. The Morgan fingerprint density at radius 1 is 1.11 bits per heavy atom. The number of sulfone groups is 1. The fraction of sp³-hybridized carbons (Fsp3) is 0.269. The number of aromatic nitrogens is 1. The molecule has 0 atom stereocenters. The Balaban J connectivity index is 1.70. The summed E-state index contributed by atoms with van der Waals surface area (Å²) in [5.41, 5.74) is 3.72. The monoisotopic (exact) mass is 544 g/mol. The van der Waals surface area contributed by atoms with Gasteiger partial charge < -0.3 is 10.6 Å². The lowest BCUT2D eigenvalue weighted by molar-refractivity contribution is 0.251. The van der Waals surface area contributed by atoms with Crippen molar-refractivity contribution in [1.82, 2.24) is 10.3 Å². The maximum atomic E-state index is 12.4. The molecule has 0 aliphatic rings. The predicted molar refractivity (Wildman–Crippen MR) is 143 cm³/mol. The molecule has 7 nitrogen and oxygen atoms in total. The molecule has 0 aliphatic carbocycles. The molecule has 0 unspecified atom stereocenters. The normalized spacial score (nSPS) is 11.2. The van der Waals surface area contributed by atoms with Crippen LogP contribution in [0.1, 0.15) is 37.6 Å². The number of nitrogens with zero attached hydrogens (tertiary/aromatic N) is 2. The number of nitriles is 1. The smallest absolute Gasteiger partial charge is 0.319 e. The van der Waals surface area contributed by atoms with Crippen LogP contribution >= 0.6 is 23.2 Å². The van der Waals surface area contributed by atoms with E-state index < -0.39 is 15.9 Å². The third kappa shape index (κ3) is 6.76. The fourth-order valence-corrected chi connectivity index (χ4v) is 5.11. The summed E-state index contributed by atoms with van der Waals surface area (Å²) in [5, 5.41) is 15.6. The number of halogens is 2. The summed E-state index contributed by atoms with van der Waals surface area (Å²) < 4.78 is 23.8. The number of rotatable bonds is 8. The molecule has 0 saturated carbocycles. The molecule has 2 N–H and O–H groups in total. The molecule has 0 spiro atoms. The van der Waals surface area contributed by atoms with Crippen molar-refractivity contribution in [1.29, 1.82) is 5.26 Å². The van der Waals surface area contributed by atoms with E-state index in [4.69, 9.17) is 23.2 Å². The SMILES string of the molecule is CCS(=O)(=O)c1ccc(CNC(=O)Nc2cc(Cl)c(-c3ccc(CC(C)C)c(C#N)c3)c(Cl)c2)nc1. The highest BCUT2D eigenvalue weighted by Gasteiger charge is 2.15. The first kappa shape index (κ1) is 27.5. The third-order valence-corrected chi connectivity index (χ3v) is 7.73. The van der Waals surface area contributed by atoms with Crippen molar-refractivity contribution in [2.45, 2.75) is 38.6 Å². The lowest BCUT2D eigenvalue weighted by atomic mass is 9.94. The number of hydrogen-bond donors (Lipinski definition) is 2. The maximum Gasteiger partial charge on any atom is 0.319 e. The van der Waals surface area contributed by atoms with Crippen LogP contribution in [0.3, 0.4) is 0 Å². The van der Waals surface area contributed by atoms with Gasteiger partial charge in [0.2, 0.25) is 0 Å². The first-order valence-corrected chi connectivity index (χ1v) is 13.7. The van der Waals surface area contributed by atoms with Gasteiger partial charge in [0.25, 0.3) is 0 Å². The number of nitrogens with one attached hydrogen (secondary N) is 2. The minimum Gasteiger partial charge on any atom is -0.332 e. The van der Waals surface area contributed by atoms with Gasteiger partial charge in [-0.05, 0) is 53.8 Å². The molecule has 0 saturated heterocycles. The number of carbonyl (C=O) groups is 1. The van der Waals surface area contributed by atoms with Crippen molar-refractivity contribution in [3.8, 4) is 17.2 Å². The van der Waals surface area contributed by atoms with Gasteiger partial charge in [0.15, 0.2) is 9.84 Å². The highest BCUT2D eigenvalue weighted by Crippen LogP contribution is 2.38. The Kier molecular flexibility index (Phi) is 8.96. The molecule has 0 bridgehead atoms. The lowest BCUT2D eigenvalue weighted by Crippen LogP contribution is -2.28. The second-order valence-corrected chi connectivity index (χ2v) is 11.7. The second kappa shape index (κ2) is 11.7. The van der Waals surface area contributed by atoms with Gasteiger partial charge in [0.05, 0.1) is 44.6 Å². The molecule has 1 heterocycles. The molecular formula is C26H26Cl2N4O3S. The van der Waals surface area contributed by atoms with Gasteiger partial charge in [-0.1, -0.05) is 56.1 Å². The zero-order valence-corrected chi connectivity index (χ0v) is 22.4. The standard InChI is InChI=1S/C26H26Cl2N4O3S/c1-4-36(34,35)22-8-7-20(30-15-22)14-31-26(33)32-21-11-23(27)25(24(28)12-21)18-6-5-17(9-16(2)3)19(10-18)13-29/h5-8,10-12,15-16H,4,9,14H2,1-3H3,(H2,31,32,33). The van der Waals surface area contributed by atoms with Crippen LogP contribution in [-0.4, -0.2) is 25.2 Å². The number of carbonyl (C=O) groups excluding carboxylic acids is 1. The fourth-order valence-electron chi connectivity index (χ4n) is 3.59. The van der Waals surface area contributed by atoms with Gasteiger partial charge >= 0.3 is 6.03 Å². The average molecular weight is 545 g/mol. The summed E-state index contributed by atoms with van der Waals surface area (Å²) in [6.07, 6.45) is 2.07. The summed E-state index contributed by atoms with van der Waals surface area (Å²) in [7, 11) is -3.33. The number of benzene rings is 2. The van der Waals surface area contributed by atoms with E-state index >= 15 is 0 Å². The topological polar surface area (TPSA) is 112 Å². The molecular weight excluding hydrogens is 519 g/mol. The minimum absolute atomic E-state index is 0.0124. The molecule has 36 heavy (non-hydrogen) atoms. The second-order valence-electron chi connectivity index (χ2n) is 8.59. The first-order valence-electron chi connectivity index (χ1n) is 11.3. The summed E-state index contributed by atoms with van der Waals surface area (Å²) in [5.74, 6) is 0.403. The molecule has 2 aromatic carbocycles. The molecule has 2 amide bonds. The van der Waals surface area contributed by atoms with E-state index in [-0.39, 0.29) is 17.2 Å². The van der Waals surface area contributed by atoms with Crippen molar-refractivity contribution in [2.24, 2.45) is 5.92 Å². The van der Waals surface area contributed by atoms with Crippen LogP contribution in [0, 0.1) is 17.2 Å². The maximum absolute atomic E-state index is 12.4. The van der Waals surface area contributed by atoms with Gasteiger partial charge in [-0.25, -0.2) is 13.2 Å². The molecule has 188 valence electrons. The van der Waals surface area contributed by atoms with Gasteiger partial charge in [0, 0.05) is 17.4 Å². The minimum atomic E-state index is -3.33. The largest absolute Gasteiger partial charge is 0.332 e. The zero-order valence-electron chi connectivity index (χ0n) is 20.1. The van der Waals surface area contributed by atoms with Gasteiger partial charge in [-0.3, -0.25) is 4.98 Å². The van der Waals surface area contributed by atoms with Gasteiger partial charge in [-0.15, -0.1) is 0 Å². The molecule has 1 aromatic heterocycles. The number of anilines is 1. The van der Waals surface area contributed by atoms with E-state index in [2.05, 4.69) is 35.5 Å². The number of pyridine rings is 1. The molecule has 10 heteroatoms. The lowest BCUT2D eigenvalue weighted by Gasteiger charge is -2.14. The highest BCUT2D eigenvalue weighted by atomic mass is 35.5. The highest BCUT2D eigenvalue weighted by molar-refractivity contribution is 7.91. The molecule has 0 fully saturated rings. The number of amides is 2. The Labute approximate surface area is 221 Å². The van der Waals surface area contributed by atoms with E-state index in [0.717, 1.165) is 12.0 Å². The van der Waals surface area contributed by atoms with Crippen LogP contribution in [0.15, 0.2) is 53.6 Å². The Morgan fingerprint density at radius 3 is 2.36 bits per heavy atom. The van der Waals surface area contributed by atoms with Crippen LogP contribution in [0.5, 0.6) is 0 Å². The van der Waals surface area contributed by atoms with Crippen LogP contribution < -0.4 is 10.6 Å². The zero-order chi connectivity index (χ0) is 26.5. The van der Waals surface area contributed by atoms with Crippen molar-refractivity contribution < 1.29 is 13.2 Å². The van der Waals surface area contributed by atoms with E-state index in [0.29, 0.717) is 44.0 Å². The van der Waals surface area contributed by atoms with Crippen LogP contribution in [-0.2, 0) is 22.8 Å². The summed E-state index contributed by atoms with van der Waals surface area (Å²) in [6, 6.07) is 13.5. The molecule has 0 aliphatic heterocycles. The van der Waals surface area contributed by atoms with Crippen molar-refractivity contribution in [3.63, 3.8) is 0 Å². The Morgan fingerprint density at radius 2 is 1.81 bits per heavy atom. The Hall–Kier alpha value is -3.12. The molecule has 3 aromatic rings. The van der Waals surface area contributed by atoms with Gasteiger partial charge in [0.1, 0.15) is 0 Å². The first-order chi connectivity index (χ1) is 17.0. The Bertz CT molecular complexity index is 1390. The van der Waals surface area contributed by atoms with Crippen LogP contribution in [0.4, 0.5) is 10.5 Å². The number of hydrogen-bond acceptors (Lipinski definition) is 5. The van der Waals surface area contributed by atoms with Crippen molar-refractivity contribution in [3.05, 3.63) is 75.5 Å². The molecule has 0 radical (unpaired) electrons. The summed E-state index contributed by atoms with van der Waals surface area (Å²) >= 11 is 13.0.